The minimum atomic E-state index is -3.58. The molecule has 2 rings (SSSR count). The van der Waals surface area contributed by atoms with Crippen LogP contribution in [0.4, 0.5) is 10.1 Å². The number of carbonyl (C=O) groups excluding carboxylic acids is 1. The van der Waals surface area contributed by atoms with Gasteiger partial charge in [0.25, 0.3) is 0 Å². The number of anilines is 1. The molecule has 1 aliphatic heterocycles. The smallest absolute Gasteiger partial charge is 0.243 e. The van der Waals surface area contributed by atoms with Gasteiger partial charge in [0, 0.05) is 20.1 Å². The van der Waals surface area contributed by atoms with Crippen molar-refractivity contribution in [3.8, 4) is 0 Å². The number of amides is 1. The van der Waals surface area contributed by atoms with Gasteiger partial charge < -0.3 is 10.1 Å². The summed E-state index contributed by atoms with van der Waals surface area (Å²) in [6.07, 6.45) is 0.845. The van der Waals surface area contributed by atoms with Crippen molar-refractivity contribution in [3.63, 3.8) is 0 Å². The standard InChI is InChI=1S/C14H18ClFN2O4S/c1-8-4-5-10(13(16)12(8)15)17-14(19)11-6-9(22-2)7-18(11)23(3,20)21/h4-5,9,11H,6-7H2,1-3H3,(H,17,19)/t9-,11+/m0/s1. The first-order chi connectivity index (χ1) is 10.6. The van der Waals surface area contributed by atoms with Gasteiger partial charge in [-0.3, -0.25) is 4.79 Å². The summed E-state index contributed by atoms with van der Waals surface area (Å²) in [5, 5.41) is 2.33. The second kappa shape index (κ2) is 6.72. The predicted octanol–water partition coefficient (Wildman–Crippen LogP) is 1.77. The quantitative estimate of drug-likeness (QED) is 0.883. The molecule has 9 heteroatoms. The Hall–Kier alpha value is -1.22. The first kappa shape index (κ1) is 18.1. The number of aryl methyl sites for hydroxylation is 1. The lowest BCUT2D eigenvalue weighted by molar-refractivity contribution is -0.119. The first-order valence-electron chi connectivity index (χ1n) is 6.90. The Balaban J connectivity index is 2.24. The Kier molecular flexibility index (Phi) is 5.30. The fraction of sp³-hybridized carbons (Fsp3) is 0.500. The first-order valence-corrected chi connectivity index (χ1v) is 9.13. The van der Waals surface area contributed by atoms with Crippen molar-refractivity contribution in [1.29, 1.82) is 0 Å². The van der Waals surface area contributed by atoms with Crippen molar-refractivity contribution in [2.45, 2.75) is 25.5 Å². The van der Waals surface area contributed by atoms with Crippen molar-refractivity contribution >= 4 is 33.2 Å². The average Bonchev–Trinajstić information content (AvgIpc) is 2.92. The molecule has 128 valence electrons. The van der Waals surface area contributed by atoms with Gasteiger partial charge >= 0.3 is 0 Å². The fourth-order valence-corrected chi connectivity index (χ4v) is 3.75. The van der Waals surface area contributed by atoms with Crippen LogP contribution in [0.25, 0.3) is 0 Å². The molecule has 2 atom stereocenters. The maximum Gasteiger partial charge on any atom is 0.243 e. The molecule has 1 amide bonds. The SMILES string of the molecule is CO[C@H]1C[C@H](C(=O)Nc2ccc(C)c(Cl)c2F)N(S(C)(=O)=O)C1. The van der Waals surface area contributed by atoms with E-state index >= 15 is 0 Å². The molecule has 1 aromatic rings. The van der Waals surface area contributed by atoms with Crippen LogP contribution in [-0.2, 0) is 19.6 Å². The molecule has 23 heavy (non-hydrogen) atoms. The molecule has 1 aromatic carbocycles. The van der Waals surface area contributed by atoms with Crippen molar-refractivity contribution in [2.75, 3.05) is 25.2 Å². The van der Waals surface area contributed by atoms with Gasteiger partial charge in [0.1, 0.15) is 6.04 Å². The van der Waals surface area contributed by atoms with Gasteiger partial charge in [0.05, 0.1) is 23.1 Å². The van der Waals surface area contributed by atoms with E-state index in [-0.39, 0.29) is 29.8 Å². The number of nitrogens with zero attached hydrogens (tertiary/aromatic N) is 1. The van der Waals surface area contributed by atoms with Gasteiger partial charge in [0.2, 0.25) is 15.9 Å². The highest BCUT2D eigenvalue weighted by Crippen LogP contribution is 2.28. The second-order valence-electron chi connectivity index (χ2n) is 5.49. The maximum absolute atomic E-state index is 14.1. The maximum atomic E-state index is 14.1. The number of sulfonamides is 1. The topological polar surface area (TPSA) is 75.7 Å². The summed E-state index contributed by atoms with van der Waals surface area (Å²) >= 11 is 5.82. The molecule has 0 saturated carbocycles. The zero-order valence-electron chi connectivity index (χ0n) is 13.0. The largest absolute Gasteiger partial charge is 0.380 e. The molecule has 0 aliphatic carbocycles. The monoisotopic (exact) mass is 364 g/mol. The van der Waals surface area contributed by atoms with Crippen LogP contribution in [0.1, 0.15) is 12.0 Å². The summed E-state index contributed by atoms with van der Waals surface area (Å²) in [5.41, 5.74) is 0.458. The van der Waals surface area contributed by atoms with E-state index < -0.39 is 27.8 Å². The molecular formula is C14H18ClFN2O4S. The highest BCUT2D eigenvalue weighted by Gasteiger charge is 2.42. The number of hydrogen-bond donors (Lipinski definition) is 1. The van der Waals surface area contributed by atoms with Crippen LogP contribution < -0.4 is 5.32 Å². The van der Waals surface area contributed by atoms with Crippen LogP contribution in [0.15, 0.2) is 12.1 Å². The summed E-state index contributed by atoms with van der Waals surface area (Å²) in [7, 11) is -2.14. The van der Waals surface area contributed by atoms with Crippen molar-refractivity contribution in [3.05, 3.63) is 28.5 Å². The summed E-state index contributed by atoms with van der Waals surface area (Å²) in [6, 6.07) is 2.01. The van der Waals surface area contributed by atoms with E-state index in [4.69, 9.17) is 16.3 Å². The van der Waals surface area contributed by atoms with E-state index in [1.165, 1.54) is 13.2 Å². The Bertz CT molecular complexity index is 726. The number of methoxy groups -OCH3 is 1. The lowest BCUT2D eigenvalue weighted by Gasteiger charge is -2.21. The third-order valence-electron chi connectivity index (χ3n) is 3.81. The molecule has 0 unspecified atom stereocenters. The third kappa shape index (κ3) is 3.82. The molecule has 1 heterocycles. The van der Waals surface area contributed by atoms with E-state index in [0.29, 0.717) is 5.56 Å². The van der Waals surface area contributed by atoms with Crippen molar-refractivity contribution in [1.82, 2.24) is 4.31 Å². The minimum absolute atomic E-state index is 0.0797. The normalized spacial score (nSPS) is 22.3. The molecule has 1 saturated heterocycles. The minimum Gasteiger partial charge on any atom is -0.380 e. The number of halogens is 2. The summed E-state index contributed by atoms with van der Waals surface area (Å²) in [5.74, 6) is -1.36. The number of rotatable bonds is 4. The van der Waals surface area contributed by atoms with Crippen LogP contribution in [-0.4, -0.2) is 50.7 Å². The highest BCUT2D eigenvalue weighted by molar-refractivity contribution is 7.88. The molecule has 0 radical (unpaired) electrons. The summed E-state index contributed by atoms with van der Waals surface area (Å²) in [6.45, 7) is 1.73. The van der Waals surface area contributed by atoms with Crippen LogP contribution in [0, 0.1) is 12.7 Å². The zero-order valence-corrected chi connectivity index (χ0v) is 14.5. The van der Waals surface area contributed by atoms with E-state index in [0.717, 1.165) is 10.6 Å². The average molecular weight is 365 g/mol. The van der Waals surface area contributed by atoms with Gasteiger partial charge in [-0.25, -0.2) is 12.8 Å². The van der Waals surface area contributed by atoms with Crippen LogP contribution in [0.5, 0.6) is 0 Å². The van der Waals surface area contributed by atoms with E-state index in [1.807, 2.05) is 0 Å². The van der Waals surface area contributed by atoms with Gasteiger partial charge in [-0.1, -0.05) is 17.7 Å². The number of hydrogen-bond acceptors (Lipinski definition) is 4. The lowest BCUT2D eigenvalue weighted by Crippen LogP contribution is -2.42. The van der Waals surface area contributed by atoms with Gasteiger partial charge in [-0.15, -0.1) is 0 Å². The van der Waals surface area contributed by atoms with E-state index in [2.05, 4.69) is 5.32 Å². The predicted molar refractivity (Wildman–Crippen MR) is 85.5 cm³/mol. The molecule has 6 nitrogen and oxygen atoms in total. The van der Waals surface area contributed by atoms with E-state index in [1.54, 1.807) is 13.0 Å². The molecule has 1 aliphatic rings. The molecule has 1 N–H and O–H groups in total. The summed E-state index contributed by atoms with van der Waals surface area (Å²) in [4.78, 5) is 12.4. The second-order valence-corrected chi connectivity index (χ2v) is 7.80. The molecule has 0 spiro atoms. The molecule has 0 aromatic heterocycles. The number of nitrogens with one attached hydrogen (secondary N) is 1. The Morgan fingerprint density at radius 1 is 1.48 bits per heavy atom. The van der Waals surface area contributed by atoms with E-state index in [9.17, 15) is 17.6 Å². The summed E-state index contributed by atoms with van der Waals surface area (Å²) < 4.78 is 43.9. The molecule has 1 fully saturated rings. The van der Waals surface area contributed by atoms with Crippen LogP contribution in [0.2, 0.25) is 5.02 Å². The van der Waals surface area contributed by atoms with Gasteiger partial charge in [0.15, 0.2) is 5.82 Å². The number of benzene rings is 1. The fourth-order valence-electron chi connectivity index (χ4n) is 2.50. The molecular weight excluding hydrogens is 347 g/mol. The Labute approximate surface area is 139 Å². The molecule has 0 bridgehead atoms. The van der Waals surface area contributed by atoms with Crippen molar-refractivity contribution in [2.24, 2.45) is 0 Å². The Morgan fingerprint density at radius 2 is 2.13 bits per heavy atom. The van der Waals surface area contributed by atoms with Gasteiger partial charge in [-0.2, -0.15) is 4.31 Å². The van der Waals surface area contributed by atoms with Crippen molar-refractivity contribution < 1.29 is 22.3 Å². The number of carbonyl (C=O) groups is 1. The van der Waals surface area contributed by atoms with Gasteiger partial charge in [-0.05, 0) is 18.6 Å². The zero-order chi connectivity index (χ0) is 17.4. The Morgan fingerprint density at radius 3 is 2.70 bits per heavy atom. The highest BCUT2D eigenvalue weighted by atomic mass is 35.5. The third-order valence-corrected chi connectivity index (χ3v) is 5.53. The lowest BCUT2D eigenvalue weighted by atomic mass is 10.1. The van der Waals surface area contributed by atoms with Crippen LogP contribution in [0.3, 0.4) is 0 Å². The van der Waals surface area contributed by atoms with Crippen LogP contribution >= 0.6 is 11.6 Å². The number of ether oxygens (including phenoxy) is 1.